The van der Waals surface area contributed by atoms with E-state index in [0.717, 1.165) is 25.8 Å². The van der Waals surface area contributed by atoms with Gasteiger partial charge >= 0.3 is 0 Å². The Morgan fingerprint density at radius 3 is 2.80 bits per heavy atom. The SMILES string of the molecule is CCC1(C(=O)NCCOC)CCCN1.Cl. The second-order valence-electron chi connectivity index (χ2n) is 3.71. The van der Waals surface area contributed by atoms with E-state index in [4.69, 9.17) is 4.74 Å². The van der Waals surface area contributed by atoms with Crippen LogP contribution in [0.25, 0.3) is 0 Å². The zero-order valence-corrected chi connectivity index (χ0v) is 10.3. The van der Waals surface area contributed by atoms with Gasteiger partial charge in [-0.2, -0.15) is 0 Å². The minimum Gasteiger partial charge on any atom is -0.383 e. The summed E-state index contributed by atoms with van der Waals surface area (Å²) in [6, 6.07) is 0. The zero-order valence-electron chi connectivity index (χ0n) is 9.47. The number of hydrogen-bond acceptors (Lipinski definition) is 3. The van der Waals surface area contributed by atoms with E-state index in [9.17, 15) is 4.79 Å². The molecule has 1 amide bonds. The number of methoxy groups -OCH3 is 1. The van der Waals surface area contributed by atoms with Crippen molar-refractivity contribution < 1.29 is 9.53 Å². The van der Waals surface area contributed by atoms with Crippen LogP contribution in [0.5, 0.6) is 0 Å². The van der Waals surface area contributed by atoms with Gasteiger partial charge in [0, 0.05) is 13.7 Å². The third-order valence-corrected chi connectivity index (χ3v) is 2.87. The first-order chi connectivity index (χ1) is 6.75. The molecule has 4 nitrogen and oxygen atoms in total. The average molecular weight is 237 g/mol. The first-order valence-corrected chi connectivity index (χ1v) is 5.27. The highest BCUT2D eigenvalue weighted by Crippen LogP contribution is 2.22. The molecular formula is C10H21ClN2O2. The van der Waals surface area contributed by atoms with Gasteiger partial charge in [-0.3, -0.25) is 4.79 Å². The maximum absolute atomic E-state index is 11.8. The number of amides is 1. The van der Waals surface area contributed by atoms with Gasteiger partial charge in [0.1, 0.15) is 0 Å². The molecule has 0 aliphatic carbocycles. The van der Waals surface area contributed by atoms with Crippen molar-refractivity contribution in [3.63, 3.8) is 0 Å². The minimum absolute atomic E-state index is 0. The van der Waals surface area contributed by atoms with Crippen LogP contribution in [0.15, 0.2) is 0 Å². The lowest BCUT2D eigenvalue weighted by atomic mass is 9.93. The van der Waals surface area contributed by atoms with Gasteiger partial charge in [-0.15, -0.1) is 12.4 Å². The monoisotopic (exact) mass is 236 g/mol. The van der Waals surface area contributed by atoms with Crippen molar-refractivity contribution in [1.82, 2.24) is 10.6 Å². The third-order valence-electron chi connectivity index (χ3n) is 2.87. The third kappa shape index (κ3) is 3.63. The summed E-state index contributed by atoms with van der Waals surface area (Å²) in [4.78, 5) is 11.8. The quantitative estimate of drug-likeness (QED) is 0.691. The summed E-state index contributed by atoms with van der Waals surface area (Å²) in [6.07, 6.45) is 2.89. The number of ether oxygens (including phenoxy) is 1. The molecule has 0 radical (unpaired) electrons. The van der Waals surface area contributed by atoms with Crippen LogP contribution in [0.1, 0.15) is 26.2 Å². The zero-order chi connectivity index (χ0) is 10.4. The van der Waals surface area contributed by atoms with Crippen molar-refractivity contribution >= 4 is 18.3 Å². The molecule has 1 unspecified atom stereocenters. The largest absolute Gasteiger partial charge is 0.383 e. The number of hydrogen-bond donors (Lipinski definition) is 2. The first kappa shape index (κ1) is 14.7. The van der Waals surface area contributed by atoms with Crippen LogP contribution in [-0.4, -0.2) is 38.3 Å². The molecule has 5 heteroatoms. The summed E-state index contributed by atoms with van der Waals surface area (Å²) in [5.74, 6) is 0.120. The van der Waals surface area contributed by atoms with E-state index >= 15 is 0 Å². The fourth-order valence-corrected chi connectivity index (χ4v) is 1.90. The Hall–Kier alpha value is -0.320. The number of nitrogens with one attached hydrogen (secondary N) is 2. The highest BCUT2D eigenvalue weighted by molar-refractivity contribution is 5.86. The summed E-state index contributed by atoms with van der Waals surface area (Å²) in [6.45, 7) is 4.17. The van der Waals surface area contributed by atoms with Crippen LogP contribution >= 0.6 is 12.4 Å². The van der Waals surface area contributed by atoms with Gasteiger partial charge in [0.25, 0.3) is 0 Å². The second kappa shape index (κ2) is 7.04. The molecule has 2 N–H and O–H groups in total. The second-order valence-corrected chi connectivity index (χ2v) is 3.71. The van der Waals surface area contributed by atoms with Gasteiger partial charge in [0.2, 0.25) is 5.91 Å². The summed E-state index contributed by atoms with van der Waals surface area (Å²) >= 11 is 0. The van der Waals surface area contributed by atoms with E-state index in [1.54, 1.807) is 7.11 Å². The Morgan fingerprint density at radius 1 is 1.60 bits per heavy atom. The van der Waals surface area contributed by atoms with Crippen LogP contribution in [0.2, 0.25) is 0 Å². The van der Waals surface area contributed by atoms with E-state index in [2.05, 4.69) is 10.6 Å². The lowest BCUT2D eigenvalue weighted by Crippen LogP contribution is -2.53. The molecule has 1 heterocycles. The predicted octanol–water partition coefficient (Wildman–Crippen LogP) is 0.703. The standard InChI is InChI=1S/C10H20N2O2.ClH/c1-3-10(5-4-6-12-10)9(13)11-7-8-14-2;/h12H,3-8H2,1-2H3,(H,11,13);1H. The van der Waals surface area contributed by atoms with Crippen LogP contribution in [0.3, 0.4) is 0 Å². The molecule has 0 saturated carbocycles. The number of halogens is 1. The van der Waals surface area contributed by atoms with Crippen molar-refractivity contribution in [2.75, 3.05) is 26.8 Å². The Labute approximate surface area is 97.5 Å². The number of carbonyl (C=O) groups excluding carboxylic acids is 1. The highest BCUT2D eigenvalue weighted by atomic mass is 35.5. The fraction of sp³-hybridized carbons (Fsp3) is 0.900. The summed E-state index contributed by atoms with van der Waals surface area (Å²) in [5.41, 5.74) is -0.312. The summed E-state index contributed by atoms with van der Waals surface area (Å²) in [5, 5.41) is 6.18. The Kier molecular flexibility index (Phi) is 6.89. The fourth-order valence-electron chi connectivity index (χ4n) is 1.90. The minimum atomic E-state index is -0.312. The van der Waals surface area contributed by atoms with Crippen LogP contribution in [-0.2, 0) is 9.53 Å². The Bertz CT molecular complexity index is 194. The van der Waals surface area contributed by atoms with Crippen LogP contribution in [0, 0.1) is 0 Å². The molecule has 1 atom stereocenters. The molecule has 90 valence electrons. The van der Waals surface area contributed by atoms with Gasteiger partial charge in [0.05, 0.1) is 12.1 Å². The lowest BCUT2D eigenvalue weighted by molar-refractivity contribution is -0.127. The molecule has 0 aromatic carbocycles. The number of rotatable bonds is 5. The van der Waals surface area contributed by atoms with E-state index in [1.807, 2.05) is 6.92 Å². The maximum atomic E-state index is 11.8. The van der Waals surface area contributed by atoms with E-state index in [0.29, 0.717) is 13.2 Å². The molecule has 15 heavy (non-hydrogen) atoms. The molecule has 0 aromatic heterocycles. The van der Waals surface area contributed by atoms with Crippen LogP contribution in [0.4, 0.5) is 0 Å². The molecule has 1 aliphatic rings. The van der Waals surface area contributed by atoms with E-state index < -0.39 is 0 Å². The van der Waals surface area contributed by atoms with Gasteiger partial charge < -0.3 is 15.4 Å². The van der Waals surface area contributed by atoms with E-state index in [-0.39, 0.29) is 23.9 Å². The topological polar surface area (TPSA) is 50.4 Å². The molecule has 1 rings (SSSR count). The van der Waals surface area contributed by atoms with Crippen molar-refractivity contribution in [2.24, 2.45) is 0 Å². The Balaban J connectivity index is 0.00000196. The smallest absolute Gasteiger partial charge is 0.240 e. The molecule has 1 saturated heterocycles. The van der Waals surface area contributed by atoms with Crippen LogP contribution < -0.4 is 10.6 Å². The molecule has 0 spiro atoms. The van der Waals surface area contributed by atoms with Crippen molar-refractivity contribution in [3.8, 4) is 0 Å². The predicted molar refractivity (Wildman–Crippen MR) is 62.4 cm³/mol. The molecule has 1 fully saturated rings. The normalized spacial score (nSPS) is 24.7. The molecular weight excluding hydrogens is 216 g/mol. The molecule has 1 aliphatic heterocycles. The first-order valence-electron chi connectivity index (χ1n) is 5.27. The van der Waals surface area contributed by atoms with Gasteiger partial charge in [0.15, 0.2) is 0 Å². The lowest BCUT2D eigenvalue weighted by Gasteiger charge is -2.26. The van der Waals surface area contributed by atoms with Gasteiger partial charge in [-0.1, -0.05) is 6.92 Å². The van der Waals surface area contributed by atoms with E-state index in [1.165, 1.54) is 0 Å². The van der Waals surface area contributed by atoms with Crippen molar-refractivity contribution in [2.45, 2.75) is 31.7 Å². The maximum Gasteiger partial charge on any atom is 0.240 e. The highest BCUT2D eigenvalue weighted by Gasteiger charge is 2.38. The average Bonchev–Trinajstić information content (AvgIpc) is 2.67. The van der Waals surface area contributed by atoms with Crippen molar-refractivity contribution in [3.05, 3.63) is 0 Å². The molecule has 0 aromatic rings. The van der Waals surface area contributed by atoms with Gasteiger partial charge in [-0.25, -0.2) is 0 Å². The summed E-state index contributed by atoms with van der Waals surface area (Å²) in [7, 11) is 1.63. The number of carbonyl (C=O) groups is 1. The van der Waals surface area contributed by atoms with Gasteiger partial charge in [-0.05, 0) is 25.8 Å². The Morgan fingerprint density at radius 2 is 2.33 bits per heavy atom. The molecule has 0 bridgehead atoms. The van der Waals surface area contributed by atoms with Crippen molar-refractivity contribution in [1.29, 1.82) is 0 Å². The summed E-state index contributed by atoms with van der Waals surface area (Å²) < 4.78 is 4.89.